The smallest absolute Gasteiger partial charge is 0.143 e. The molecule has 1 nitrogen and oxygen atoms in total. The van der Waals surface area contributed by atoms with E-state index in [9.17, 15) is 8.78 Å². The summed E-state index contributed by atoms with van der Waals surface area (Å²) in [5.41, 5.74) is 9.12. The zero-order chi connectivity index (χ0) is 15.7. The summed E-state index contributed by atoms with van der Waals surface area (Å²) in [5, 5.41) is 0. The maximum Gasteiger partial charge on any atom is 0.143 e. The summed E-state index contributed by atoms with van der Waals surface area (Å²) >= 11 is 6.57. The molecule has 2 rings (SSSR count). The number of nitrogens with two attached hydrogens (primary N) is 1. The van der Waals surface area contributed by atoms with E-state index in [0.717, 1.165) is 21.2 Å². The highest BCUT2D eigenvalue weighted by molar-refractivity contribution is 9.10. The van der Waals surface area contributed by atoms with Crippen LogP contribution in [0.2, 0.25) is 0 Å². The number of hydrogen-bond acceptors (Lipinski definition) is 1. The number of aryl methyl sites for hydroxylation is 2. The number of hydrogen-bond donors (Lipinski definition) is 1. The highest BCUT2D eigenvalue weighted by Gasteiger charge is 2.17. The Hall–Kier alpha value is -0.780. The van der Waals surface area contributed by atoms with Crippen LogP contribution in [0.4, 0.5) is 8.78 Å². The molecule has 0 aliphatic carbocycles. The lowest BCUT2D eigenvalue weighted by Crippen LogP contribution is -2.16. The van der Waals surface area contributed by atoms with Crippen LogP contribution < -0.4 is 5.73 Å². The largest absolute Gasteiger partial charge is 0.324 e. The molecule has 0 saturated carbocycles. The van der Waals surface area contributed by atoms with Crippen LogP contribution in [-0.2, 0) is 6.42 Å². The number of benzene rings is 2. The highest BCUT2D eigenvalue weighted by Crippen LogP contribution is 2.29. The zero-order valence-corrected chi connectivity index (χ0v) is 14.9. The van der Waals surface area contributed by atoms with E-state index < -0.39 is 17.7 Å². The maximum absolute atomic E-state index is 14.0. The van der Waals surface area contributed by atoms with E-state index in [4.69, 9.17) is 5.73 Å². The van der Waals surface area contributed by atoms with Crippen LogP contribution in [0, 0.1) is 25.5 Å². The van der Waals surface area contributed by atoms with Crippen LogP contribution in [0.1, 0.15) is 28.3 Å². The van der Waals surface area contributed by atoms with Gasteiger partial charge in [-0.25, -0.2) is 8.78 Å². The lowest BCUT2D eigenvalue weighted by molar-refractivity contribution is 0.536. The molecule has 2 aromatic rings. The Morgan fingerprint density at radius 2 is 1.67 bits per heavy atom. The Bertz CT molecular complexity index is 663. The van der Waals surface area contributed by atoms with Crippen molar-refractivity contribution in [3.63, 3.8) is 0 Å². The van der Waals surface area contributed by atoms with Gasteiger partial charge in [0.25, 0.3) is 0 Å². The molecule has 0 bridgehead atoms. The van der Waals surface area contributed by atoms with E-state index in [1.807, 2.05) is 26.0 Å². The van der Waals surface area contributed by atoms with Gasteiger partial charge >= 0.3 is 0 Å². The monoisotopic (exact) mass is 417 g/mol. The average molecular weight is 419 g/mol. The fraction of sp³-hybridized carbons (Fsp3) is 0.250. The van der Waals surface area contributed by atoms with Gasteiger partial charge in [0.1, 0.15) is 11.6 Å². The number of halogens is 4. The molecule has 112 valence electrons. The summed E-state index contributed by atoms with van der Waals surface area (Å²) < 4.78 is 29.1. The van der Waals surface area contributed by atoms with Gasteiger partial charge < -0.3 is 5.73 Å². The van der Waals surface area contributed by atoms with E-state index in [1.165, 1.54) is 12.1 Å². The molecule has 5 heteroatoms. The second kappa shape index (κ2) is 6.55. The molecule has 0 aliphatic rings. The van der Waals surface area contributed by atoms with Crippen molar-refractivity contribution in [1.29, 1.82) is 0 Å². The third-order valence-electron chi connectivity index (χ3n) is 3.45. The first kappa shape index (κ1) is 16.6. The molecule has 21 heavy (non-hydrogen) atoms. The minimum Gasteiger partial charge on any atom is -0.324 e. The average Bonchev–Trinajstić information content (AvgIpc) is 2.44. The number of rotatable bonds is 3. The van der Waals surface area contributed by atoms with Crippen molar-refractivity contribution in [3.05, 3.63) is 67.1 Å². The molecule has 0 radical (unpaired) electrons. The standard InChI is InChI=1S/C16H15Br2F2N/c1-8-5-10(6-9(2)15(8)18)14(21)7-11-13(19)4-3-12(17)16(11)20/h3-6,14H,7,21H2,1-2H3. The van der Waals surface area contributed by atoms with Gasteiger partial charge in [0, 0.05) is 16.1 Å². The van der Waals surface area contributed by atoms with Crippen molar-refractivity contribution < 1.29 is 8.78 Å². The fourth-order valence-corrected chi connectivity index (χ4v) is 2.89. The molecular formula is C16H15Br2F2N. The van der Waals surface area contributed by atoms with Crippen molar-refractivity contribution in [2.24, 2.45) is 5.73 Å². The molecule has 1 atom stereocenters. The second-order valence-electron chi connectivity index (χ2n) is 5.10. The summed E-state index contributed by atoms with van der Waals surface area (Å²) in [4.78, 5) is 0. The van der Waals surface area contributed by atoms with Crippen LogP contribution in [-0.4, -0.2) is 0 Å². The normalized spacial score (nSPS) is 12.5. The highest BCUT2D eigenvalue weighted by atomic mass is 79.9. The van der Waals surface area contributed by atoms with Crippen LogP contribution in [0.25, 0.3) is 0 Å². The van der Waals surface area contributed by atoms with Gasteiger partial charge in [-0.05, 0) is 65.0 Å². The molecule has 0 amide bonds. The van der Waals surface area contributed by atoms with Crippen molar-refractivity contribution in [1.82, 2.24) is 0 Å². The predicted molar refractivity (Wildman–Crippen MR) is 88.3 cm³/mol. The van der Waals surface area contributed by atoms with E-state index in [-0.39, 0.29) is 16.5 Å². The molecule has 0 spiro atoms. The summed E-state index contributed by atoms with van der Waals surface area (Å²) in [6.07, 6.45) is 0.109. The van der Waals surface area contributed by atoms with Crippen LogP contribution in [0.3, 0.4) is 0 Å². The SMILES string of the molecule is Cc1cc(C(N)Cc2c(F)ccc(Br)c2F)cc(C)c1Br. The second-order valence-corrected chi connectivity index (χ2v) is 6.75. The van der Waals surface area contributed by atoms with Crippen LogP contribution in [0.5, 0.6) is 0 Å². The minimum absolute atomic E-state index is 0.00935. The van der Waals surface area contributed by atoms with E-state index in [0.29, 0.717) is 0 Å². The summed E-state index contributed by atoms with van der Waals surface area (Å²) in [7, 11) is 0. The van der Waals surface area contributed by atoms with E-state index >= 15 is 0 Å². The van der Waals surface area contributed by atoms with Crippen LogP contribution in [0.15, 0.2) is 33.2 Å². The summed E-state index contributed by atoms with van der Waals surface area (Å²) in [5.74, 6) is -1.16. The molecule has 0 heterocycles. The molecule has 0 saturated heterocycles. The van der Waals surface area contributed by atoms with Gasteiger partial charge in [-0.2, -0.15) is 0 Å². The molecule has 0 aliphatic heterocycles. The third kappa shape index (κ3) is 3.52. The van der Waals surface area contributed by atoms with Gasteiger partial charge in [-0.15, -0.1) is 0 Å². The molecular weight excluding hydrogens is 404 g/mol. The first-order valence-corrected chi connectivity index (χ1v) is 8.04. The van der Waals surface area contributed by atoms with Crippen LogP contribution >= 0.6 is 31.9 Å². The van der Waals surface area contributed by atoms with Gasteiger partial charge in [0.15, 0.2) is 0 Å². The topological polar surface area (TPSA) is 26.0 Å². The Kier molecular flexibility index (Phi) is 5.17. The Labute approximate surface area is 139 Å². The molecule has 2 N–H and O–H groups in total. The summed E-state index contributed by atoms with van der Waals surface area (Å²) in [6.45, 7) is 3.93. The van der Waals surface area contributed by atoms with Crippen molar-refractivity contribution in [2.75, 3.05) is 0 Å². The molecule has 1 unspecified atom stereocenters. The van der Waals surface area contributed by atoms with Gasteiger partial charge in [-0.1, -0.05) is 28.1 Å². The Balaban J connectivity index is 2.35. The molecule has 0 aromatic heterocycles. The quantitative estimate of drug-likeness (QED) is 0.668. The third-order valence-corrected chi connectivity index (χ3v) is 5.31. The molecule has 0 fully saturated rings. The molecule has 2 aromatic carbocycles. The lowest BCUT2D eigenvalue weighted by Gasteiger charge is -2.16. The first-order chi connectivity index (χ1) is 9.81. The summed E-state index contributed by atoms with van der Waals surface area (Å²) in [6, 6.07) is 6.01. The maximum atomic E-state index is 14.0. The first-order valence-electron chi connectivity index (χ1n) is 6.46. The Morgan fingerprint density at radius 3 is 2.24 bits per heavy atom. The Morgan fingerprint density at radius 1 is 1.10 bits per heavy atom. The van der Waals surface area contributed by atoms with Gasteiger partial charge in [0.05, 0.1) is 4.47 Å². The van der Waals surface area contributed by atoms with E-state index in [2.05, 4.69) is 31.9 Å². The zero-order valence-electron chi connectivity index (χ0n) is 11.7. The van der Waals surface area contributed by atoms with Crippen molar-refractivity contribution >= 4 is 31.9 Å². The minimum atomic E-state index is -0.587. The van der Waals surface area contributed by atoms with Crippen molar-refractivity contribution in [2.45, 2.75) is 26.3 Å². The van der Waals surface area contributed by atoms with E-state index in [1.54, 1.807) is 0 Å². The van der Waals surface area contributed by atoms with Gasteiger partial charge in [0.2, 0.25) is 0 Å². The lowest BCUT2D eigenvalue weighted by atomic mass is 9.96. The van der Waals surface area contributed by atoms with Gasteiger partial charge in [-0.3, -0.25) is 0 Å². The van der Waals surface area contributed by atoms with Crippen molar-refractivity contribution in [3.8, 4) is 0 Å². The fourth-order valence-electron chi connectivity index (χ4n) is 2.29. The predicted octanol–water partition coefficient (Wildman–Crippen LogP) is 5.35.